The SMILES string of the molecule is CNC(C)(C)c1cncn1-c1ccc(C)c(Br)c1. The molecule has 2 aromatic rings. The first kappa shape index (κ1) is 13.3. The first-order chi connectivity index (χ1) is 8.45. The van der Waals surface area contributed by atoms with E-state index in [1.54, 1.807) is 0 Å². The minimum atomic E-state index is -0.117. The van der Waals surface area contributed by atoms with E-state index in [1.807, 2.05) is 19.6 Å². The van der Waals surface area contributed by atoms with Crippen molar-refractivity contribution < 1.29 is 0 Å². The number of imidazole rings is 1. The summed E-state index contributed by atoms with van der Waals surface area (Å²) in [4.78, 5) is 4.27. The molecule has 1 heterocycles. The number of nitrogens with zero attached hydrogens (tertiary/aromatic N) is 2. The zero-order valence-electron chi connectivity index (χ0n) is 11.2. The highest BCUT2D eigenvalue weighted by molar-refractivity contribution is 9.10. The smallest absolute Gasteiger partial charge is 0.0994 e. The Balaban J connectivity index is 2.52. The van der Waals surface area contributed by atoms with Gasteiger partial charge in [0, 0.05) is 10.2 Å². The van der Waals surface area contributed by atoms with Crippen molar-refractivity contribution in [2.45, 2.75) is 26.3 Å². The molecule has 1 aromatic carbocycles. The summed E-state index contributed by atoms with van der Waals surface area (Å²) in [7, 11) is 1.96. The van der Waals surface area contributed by atoms with Crippen LogP contribution in [0, 0.1) is 6.92 Å². The van der Waals surface area contributed by atoms with Crippen LogP contribution in [0.25, 0.3) is 5.69 Å². The number of hydrogen-bond acceptors (Lipinski definition) is 2. The highest BCUT2D eigenvalue weighted by Gasteiger charge is 2.22. The van der Waals surface area contributed by atoms with Gasteiger partial charge in [-0.3, -0.25) is 0 Å². The van der Waals surface area contributed by atoms with Gasteiger partial charge < -0.3 is 9.88 Å². The van der Waals surface area contributed by atoms with E-state index in [2.05, 4.69) is 69.8 Å². The third-order valence-corrected chi connectivity index (χ3v) is 4.19. The average molecular weight is 308 g/mol. The van der Waals surface area contributed by atoms with Gasteiger partial charge >= 0.3 is 0 Å². The molecule has 1 N–H and O–H groups in total. The minimum Gasteiger partial charge on any atom is -0.310 e. The fourth-order valence-electron chi connectivity index (χ4n) is 1.82. The molecule has 0 aliphatic rings. The fraction of sp³-hybridized carbons (Fsp3) is 0.357. The summed E-state index contributed by atoms with van der Waals surface area (Å²) >= 11 is 3.57. The molecule has 4 heteroatoms. The van der Waals surface area contributed by atoms with Crippen molar-refractivity contribution in [1.82, 2.24) is 14.9 Å². The molecule has 96 valence electrons. The number of aryl methyl sites for hydroxylation is 1. The minimum absolute atomic E-state index is 0.117. The summed E-state index contributed by atoms with van der Waals surface area (Å²) in [6.07, 6.45) is 3.76. The highest BCUT2D eigenvalue weighted by atomic mass is 79.9. The van der Waals surface area contributed by atoms with Crippen LogP contribution in [0.3, 0.4) is 0 Å². The molecular weight excluding hydrogens is 290 g/mol. The summed E-state index contributed by atoms with van der Waals surface area (Å²) in [5.74, 6) is 0. The summed E-state index contributed by atoms with van der Waals surface area (Å²) in [5, 5.41) is 3.31. The Morgan fingerprint density at radius 2 is 2.06 bits per heavy atom. The lowest BCUT2D eigenvalue weighted by Gasteiger charge is -2.25. The standard InChI is InChI=1S/C14H18BrN3/c1-10-5-6-11(7-12(10)15)18-9-17-8-13(18)14(2,3)16-4/h5-9,16H,1-4H3. The van der Waals surface area contributed by atoms with E-state index >= 15 is 0 Å². The van der Waals surface area contributed by atoms with Crippen molar-refractivity contribution in [1.29, 1.82) is 0 Å². The van der Waals surface area contributed by atoms with Gasteiger partial charge in [0.1, 0.15) is 0 Å². The van der Waals surface area contributed by atoms with Gasteiger partial charge in [-0.25, -0.2) is 4.98 Å². The maximum absolute atomic E-state index is 4.27. The lowest BCUT2D eigenvalue weighted by Crippen LogP contribution is -2.35. The van der Waals surface area contributed by atoms with Gasteiger partial charge in [-0.15, -0.1) is 0 Å². The molecule has 0 atom stereocenters. The van der Waals surface area contributed by atoms with Crippen molar-refractivity contribution in [3.05, 3.63) is 46.5 Å². The van der Waals surface area contributed by atoms with Crippen LogP contribution in [0.15, 0.2) is 35.2 Å². The maximum atomic E-state index is 4.27. The number of rotatable bonds is 3. The number of halogens is 1. The second kappa shape index (κ2) is 4.86. The molecule has 0 radical (unpaired) electrons. The molecule has 0 saturated heterocycles. The van der Waals surface area contributed by atoms with Crippen LogP contribution in [-0.4, -0.2) is 16.6 Å². The Hall–Kier alpha value is -1.13. The van der Waals surface area contributed by atoms with Crippen molar-refractivity contribution in [2.24, 2.45) is 0 Å². The van der Waals surface area contributed by atoms with Gasteiger partial charge in [-0.1, -0.05) is 22.0 Å². The average Bonchev–Trinajstić information content (AvgIpc) is 2.82. The first-order valence-electron chi connectivity index (χ1n) is 5.94. The molecule has 18 heavy (non-hydrogen) atoms. The van der Waals surface area contributed by atoms with E-state index in [-0.39, 0.29) is 5.54 Å². The molecule has 0 unspecified atom stereocenters. The quantitative estimate of drug-likeness (QED) is 0.942. The van der Waals surface area contributed by atoms with Crippen molar-refractivity contribution >= 4 is 15.9 Å². The van der Waals surface area contributed by atoms with Gasteiger partial charge in [0.2, 0.25) is 0 Å². The summed E-state index contributed by atoms with van der Waals surface area (Å²) in [6.45, 7) is 6.37. The monoisotopic (exact) mass is 307 g/mol. The predicted octanol–water partition coefficient (Wildman–Crippen LogP) is 3.40. The lowest BCUT2D eigenvalue weighted by atomic mass is 10.0. The molecule has 0 amide bonds. The second-order valence-electron chi connectivity index (χ2n) is 4.96. The molecule has 0 aliphatic heterocycles. The first-order valence-corrected chi connectivity index (χ1v) is 6.73. The van der Waals surface area contributed by atoms with Crippen LogP contribution in [0.1, 0.15) is 25.1 Å². The van der Waals surface area contributed by atoms with E-state index in [0.29, 0.717) is 0 Å². The molecule has 2 rings (SSSR count). The fourth-order valence-corrected chi connectivity index (χ4v) is 2.19. The van der Waals surface area contributed by atoms with Crippen LogP contribution in [-0.2, 0) is 5.54 Å². The molecule has 1 aromatic heterocycles. The molecule has 3 nitrogen and oxygen atoms in total. The zero-order chi connectivity index (χ0) is 13.3. The Kier molecular flexibility index (Phi) is 3.59. The van der Waals surface area contributed by atoms with Crippen molar-refractivity contribution in [3.63, 3.8) is 0 Å². The van der Waals surface area contributed by atoms with Gasteiger partial charge in [0.15, 0.2) is 0 Å². The molecular formula is C14H18BrN3. The third kappa shape index (κ3) is 2.35. The van der Waals surface area contributed by atoms with E-state index in [4.69, 9.17) is 0 Å². The van der Waals surface area contributed by atoms with Crippen LogP contribution in [0.4, 0.5) is 0 Å². The van der Waals surface area contributed by atoms with Crippen LogP contribution in [0.5, 0.6) is 0 Å². The van der Waals surface area contributed by atoms with E-state index < -0.39 is 0 Å². The van der Waals surface area contributed by atoms with Crippen LogP contribution in [0.2, 0.25) is 0 Å². The number of aromatic nitrogens is 2. The van der Waals surface area contributed by atoms with E-state index in [9.17, 15) is 0 Å². The Morgan fingerprint density at radius 1 is 1.33 bits per heavy atom. The zero-order valence-corrected chi connectivity index (χ0v) is 12.7. The Labute approximate surface area is 116 Å². The molecule has 0 fully saturated rings. The van der Waals surface area contributed by atoms with Crippen molar-refractivity contribution in [3.8, 4) is 5.69 Å². The van der Waals surface area contributed by atoms with E-state index in [0.717, 1.165) is 15.9 Å². The summed E-state index contributed by atoms with van der Waals surface area (Å²) in [5.41, 5.74) is 3.37. The van der Waals surface area contributed by atoms with Crippen LogP contribution >= 0.6 is 15.9 Å². The maximum Gasteiger partial charge on any atom is 0.0994 e. The lowest BCUT2D eigenvalue weighted by molar-refractivity contribution is 0.425. The molecule has 0 bridgehead atoms. The Morgan fingerprint density at radius 3 is 2.67 bits per heavy atom. The topological polar surface area (TPSA) is 29.9 Å². The number of hydrogen-bond donors (Lipinski definition) is 1. The molecule has 0 saturated carbocycles. The van der Waals surface area contributed by atoms with Crippen molar-refractivity contribution in [2.75, 3.05) is 7.05 Å². The third-order valence-electron chi connectivity index (χ3n) is 3.34. The largest absolute Gasteiger partial charge is 0.310 e. The van der Waals surface area contributed by atoms with E-state index in [1.165, 1.54) is 5.56 Å². The summed E-state index contributed by atoms with van der Waals surface area (Å²) in [6, 6.07) is 6.33. The number of benzene rings is 1. The Bertz CT molecular complexity index is 558. The second-order valence-corrected chi connectivity index (χ2v) is 5.81. The summed E-state index contributed by atoms with van der Waals surface area (Å²) < 4.78 is 3.22. The molecule has 0 spiro atoms. The normalized spacial score (nSPS) is 11.8. The number of nitrogens with one attached hydrogen (secondary N) is 1. The molecule has 0 aliphatic carbocycles. The van der Waals surface area contributed by atoms with Gasteiger partial charge in [-0.05, 0) is 45.5 Å². The van der Waals surface area contributed by atoms with Gasteiger partial charge in [0.25, 0.3) is 0 Å². The van der Waals surface area contributed by atoms with Crippen LogP contribution < -0.4 is 5.32 Å². The van der Waals surface area contributed by atoms with Gasteiger partial charge in [0.05, 0.1) is 23.8 Å². The van der Waals surface area contributed by atoms with Gasteiger partial charge in [-0.2, -0.15) is 0 Å². The predicted molar refractivity (Wildman–Crippen MR) is 78.1 cm³/mol. The highest BCUT2D eigenvalue weighted by Crippen LogP contribution is 2.25.